The molecule has 0 unspecified atom stereocenters. The molecule has 5 nitrogen and oxygen atoms in total. The molecule has 0 aromatic carbocycles. The van der Waals surface area contributed by atoms with Gasteiger partial charge in [0.15, 0.2) is 0 Å². The minimum Gasteiger partial charge on any atom is -0.457 e. The van der Waals surface area contributed by atoms with Crippen LogP contribution in [0.25, 0.3) is 0 Å². The molecule has 0 saturated heterocycles. The Hall–Kier alpha value is -1.10. The monoisotopic (exact) mass is 273 g/mol. The van der Waals surface area contributed by atoms with Crippen LogP contribution in [0.5, 0.6) is 0 Å². The van der Waals surface area contributed by atoms with E-state index in [0.717, 1.165) is 19.3 Å². The van der Waals surface area contributed by atoms with Gasteiger partial charge in [0.25, 0.3) is 0 Å². The zero-order valence-corrected chi connectivity index (χ0v) is 12.0. The molecule has 0 aliphatic carbocycles. The first-order valence-electron chi connectivity index (χ1n) is 7.30. The number of rotatable bonds is 11. The Morgan fingerprint density at radius 3 is 1.74 bits per heavy atom. The fourth-order valence-corrected chi connectivity index (χ4v) is 1.86. The summed E-state index contributed by atoms with van der Waals surface area (Å²) in [6.45, 7) is 2.48. The number of carbonyl (C=O) groups is 2. The minimum absolute atomic E-state index is 0.254. The highest BCUT2D eigenvalue weighted by Crippen LogP contribution is 2.10. The van der Waals surface area contributed by atoms with E-state index in [1.807, 2.05) is 0 Å². The zero-order chi connectivity index (χ0) is 14.3. The van der Waals surface area contributed by atoms with Gasteiger partial charge < -0.3 is 9.57 Å². The summed E-state index contributed by atoms with van der Waals surface area (Å²) in [6, 6.07) is 0. The SMILES string of the molecule is CCCCCCCCCCCCOC(=O)C(=O)ON. The molecule has 0 fully saturated rings. The van der Waals surface area contributed by atoms with Gasteiger partial charge in [-0.15, -0.1) is 0 Å². The Labute approximate surface area is 115 Å². The lowest BCUT2D eigenvalue weighted by atomic mass is 10.1. The first-order valence-corrected chi connectivity index (χ1v) is 7.30. The lowest BCUT2D eigenvalue weighted by Gasteiger charge is -2.03. The molecule has 0 bridgehead atoms. The van der Waals surface area contributed by atoms with Crippen LogP contribution in [-0.2, 0) is 19.2 Å². The quantitative estimate of drug-likeness (QED) is 0.271. The number of esters is 1. The van der Waals surface area contributed by atoms with E-state index in [4.69, 9.17) is 0 Å². The number of hydrogen-bond donors (Lipinski definition) is 1. The van der Waals surface area contributed by atoms with Crippen LogP contribution in [0.2, 0.25) is 0 Å². The molecule has 0 saturated carbocycles. The summed E-state index contributed by atoms with van der Waals surface area (Å²) >= 11 is 0. The van der Waals surface area contributed by atoms with E-state index in [1.165, 1.54) is 44.9 Å². The first-order chi connectivity index (χ1) is 9.22. The largest absolute Gasteiger partial charge is 0.457 e. The van der Waals surface area contributed by atoms with Gasteiger partial charge in [-0.05, 0) is 6.42 Å². The van der Waals surface area contributed by atoms with Crippen molar-refractivity contribution in [2.24, 2.45) is 5.90 Å². The average molecular weight is 273 g/mol. The smallest absolute Gasteiger partial charge is 0.435 e. The molecule has 0 aromatic rings. The summed E-state index contributed by atoms with van der Waals surface area (Å²) in [6.07, 6.45) is 12.1. The minimum atomic E-state index is -1.15. The van der Waals surface area contributed by atoms with E-state index >= 15 is 0 Å². The molecule has 2 N–H and O–H groups in total. The summed E-state index contributed by atoms with van der Waals surface area (Å²) in [7, 11) is 0. The van der Waals surface area contributed by atoms with E-state index in [9.17, 15) is 9.59 Å². The maximum atomic E-state index is 10.9. The van der Waals surface area contributed by atoms with Gasteiger partial charge in [0.05, 0.1) is 6.61 Å². The predicted molar refractivity (Wildman–Crippen MR) is 73.1 cm³/mol. The lowest BCUT2D eigenvalue weighted by Crippen LogP contribution is -2.23. The summed E-state index contributed by atoms with van der Waals surface area (Å²) < 4.78 is 4.67. The molecular weight excluding hydrogens is 246 g/mol. The van der Waals surface area contributed by atoms with Crippen molar-refractivity contribution in [3.05, 3.63) is 0 Å². The second kappa shape index (κ2) is 13.3. The second-order valence-corrected chi connectivity index (χ2v) is 4.72. The highest BCUT2D eigenvalue weighted by molar-refractivity contribution is 6.29. The van der Waals surface area contributed by atoms with E-state index < -0.39 is 11.9 Å². The molecule has 112 valence electrons. The molecule has 0 atom stereocenters. The molecule has 0 spiro atoms. The van der Waals surface area contributed by atoms with Gasteiger partial charge >= 0.3 is 11.9 Å². The van der Waals surface area contributed by atoms with Gasteiger partial charge in [-0.25, -0.2) is 9.59 Å². The molecular formula is C14H27NO4. The van der Waals surface area contributed by atoms with E-state index in [1.54, 1.807) is 0 Å². The molecule has 0 rings (SSSR count). The standard InChI is InChI=1S/C14H27NO4/c1-2-3-4-5-6-7-8-9-10-11-12-18-13(16)14(17)19-15/h2-12,15H2,1H3. The van der Waals surface area contributed by atoms with Gasteiger partial charge in [0.2, 0.25) is 0 Å². The summed E-state index contributed by atoms with van der Waals surface area (Å²) in [5.41, 5.74) is 0. The fraction of sp³-hybridized carbons (Fsp3) is 0.857. The van der Waals surface area contributed by atoms with Crippen molar-refractivity contribution in [1.29, 1.82) is 0 Å². The highest BCUT2D eigenvalue weighted by Gasteiger charge is 2.15. The van der Waals surface area contributed by atoms with Crippen LogP contribution in [0.3, 0.4) is 0 Å². The zero-order valence-electron chi connectivity index (χ0n) is 12.0. The summed E-state index contributed by atoms with van der Waals surface area (Å²) in [5, 5.41) is 0. The van der Waals surface area contributed by atoms with E-state index in [-0.39, 0.29) is 6.61 Å². The molecule has 0 aromatic heterocycles. The molecule has 0 amide bonds. The molecule has 0 heterocycles. The van der Waals surface area contributed by atoms with Crippen molar-refractivity contribution < 1.29 is 19.2 Å². The van der Waals surface area contributed by atoms with Crippen LogP contribution < -0.4 is 5.90 Å². The van der Waals surface area contributed by atoms with Crippen LogP contribution in [0.1, 0.15) is 71.1 Å². The van der Waals surface area contributed by atoms with Gasteiger partial charge in [0.1, 0.15) is 0 Å². The summed E-state index contributed by atoms with van der Waals surface area (Å²) in [5.74, 6) is 2.39. The fourth-order valence-electron chi connectivity index (χ4n) is 1.86. The molecule has 19 heavy (non-hydrogen) atoms. The topological polar surface area (TPSA) is 78.6 Å². The molecule has 0 aliphatic heterocycles. The Balaban J connectivity index is 3.15. The van der Waals surface area contributed by atoms with Crippen molar-refractivity contribution in [2.75, 3.05) is 6.61 Å². The predicted octanol–water partition coefficient (Wildman–Crippen LogP) is 2.87. The number of unbranched alkanes of at least 4 members (excludes halogenated alkanes) is 9. The third-order valence-corrected chi connectivity index (χ3v) is 3.00. The third-order valence-electron chi connectivity index (χ3n) is 3.00. The number of nitrogens with two attached hydrogens (primary N) is 1. The second-order valence-electron chi connectivity index (χ2n) is 4.72. The highest BCUT2D eigenvalue weighted by atomic mass is 16.7. The molecule has 0 aliphatic rings. The molecule has 5 heteroatoms. The number of hydrogen-bond acceptors (Lipinski definition) is 5. The van der Waals surface area contributed by atoms with Gasteiger partial charge in [0, 0.05) is 0 Å². The van der Waals surface area contributed by atoms with Crippen LogP contribution in [0, 0.1) is 0 Å². The van der Waals surface area contributed by atoms with Crippen LogP contribution in [-0.4, -0.2) is 18.5 Å². The Kier molecular flexibility index (Phi) is 12.6. The van der Waals surface area contributed by atoms with E-state index in [2.05, 4.69) is 22.4 Å². The van der Waals surface area contributed by atoms with Gasteiger partial charge in [-0.3, -0.25) is 0 Å². The Morgan fingerprint density at radius 1 is 0.789 bits per heavy atom. The van der Waals surface area contributed by atoms with Crippen LogP contribution >= 0.6 is 0 Å². The maximum absolute atomic E-state index is 10.9. The van der Waals surface area contributed by atoms with Crippen molar-refractivity contribution in [1.82, 2.24) is 0 Å². The molecule has 0 radical (unpaired) electrons. The van der Waals surface area contributed by atoms with Gasteiger partial charge in [-0.1, -0.05) is 64.7 Å². The summed E-state index contributed by atoms with van der Waals surface area (Å²) in [4.78, 5) is 25.2. The number of ether oxygens (including phenoxy) is 1. The normalized spacial score (nSPS) is 10.2. The van der Waals surface area contributed by atoms with Crippen molar-refractivity contribution >= 4 is 11.9 Å². The number of carbonyl (C=O) groups excluding carboxylic acids is 2. The van der Waals surface area contributed by atoms with Crippen molar-refractivity contribution in [3.63, 3.8) is 0 Å². The Morgan fingerprint density at radius 2 is 1.26 bits per heavy atom. The van der Waals surface area contributed by atoms with Crippen molar-refractivity contribution in [2.45, 2.75) is 71.1 Å². The third kappa shape index (κ3) is 11.7. The van der Waals surface area contributed by atoms with Crippen LogP contribution in [0.4, 0.5) is 0 Å². The lowest BCUT2D eigenvalue weighted by molar-refractivity contribution is -0.168. The van der Waals surface area contributed by atoms with Crippen LogP contribution in [0.15, 0.2) is 0 Å². The first kappa shape index (κ1) is 17.9. The average Bonchev–Trinajstić information content (AvgIpc) is 2.43. The maximum Gasteiger partial charge on any atom is 0.435 e. The van der Waals surface area contributed by atoms with Gasteiger partial charge in [-0.2, -0.15) is 5.90 Å². The van der Waals surface area contributed by atoms with Crippen molar-refractivity contribution in [3.8, 4) is 0 Å². The van der Waals surface area contributed by atoms with E-state index in [0.29, 0.717) is 0 Å². The Bertz CT molecular complexity index is 244.